The van der Waals surface area contributed by atoms with Gasteiger partial charge < -0.3 is 15.0 Å². The molecule has 26 heavy (non-hydrogen) atoms. The van der Waals surface area contributed by atoms with Gasteiger partial charge >= 0.3 is 0 Å². The second-order valence-electron chi connectivity index (χ2n) is 7.21. The van der Waals surface area contributed by atoms with Gasteiger partial charge in [-0.3, -0.25) is 4.79 Å². The minimum atomic E-state index is 0.0576. The van der Waals surface area contributed by atoms with E-state index in [0.717, 1.165) is 43.3 Å². The van der Waals surface area contributed by atoms with Crippen molar-refractivity contribution in [3.8, 4) is 5.75 Å². The number of aryl methyl sites for hydroxylation is 1. The molecule has 1 aromatic heterocycles. The number of H-pyrrole nitrogens is 1. The fourth-order valence-electron chi connectivity index (χ4n) is 3.84. The molecule has 3 aromatic rings. The van der Waals surface area contributed by atoms with E-state index in [4.69, 9.17) is 0 Å². The van der Waals surface area contributed by atoms with Gasteiger partial charge in [-0.25, -0.2) is 0 Å². The van der Waals surface area contributed by atoms with Crippen LogP contribution in [0.1, 0.15) is 35.3 Å². The number of rotatable bonds is 4. The van der Waals surface area contributed by atoms with E-state index in [0.29, 0.717) is 11.6 Å². The SMILES string of the molecule is O=C(c1cc2ccc(O)cc2[nH]1)N1CCC(CCc2ccccc2)CC1. The van der Waals surface area contributed by atoms with Crippen molar-refractivity contribution in [3.63, 3.8) is 0 Å². The van der Waals surface area contributed by atoms with Crippen LogP contribution in [0.2, 0.25) is 0 Å². The van der Waals surface area contributed by atoms with Gasteiger partial charge in [-0.15, -0.1) is 0 Å². The zero-order valence-electron chi connectivity index (χ0n) is 14.8. The Labute approximate surface area is 153 Å². The number of hydrogen-bond acceptors (Lipinski definition) is 2. The Morgan fingerprint density at radius 3 is 2.62 bits per heavy atom. The molecule has 1 aliphatic heterocycles. The predicted octanol–water partition coefficient (Wildman–Crippen LogP) is 4.36. The molecule has 1 aliphatic rings. The number of aromatic nitrogens is 1. The maximum Gasteiger partial charge on any atom is 0.270 e. The Morgan fingerprint density at radius 1 is 1.08 bits per heavy atom. The van der Waals surface area contributed by atoms with Crippen LogP contribution in [0.3, 0.4) is 0 Å². The largest absolute Gasteiger partial charge is 0.508 e. The molecule has 1 saturated heterocycles. The van der Waals surface area contributed by atoms with Crippen LogP contribution in [0.5, 0.6) is 5.75 Å². The fraction of sp³-hybridized carbons (Fsp3) is 0.318. The highest BCUT2D eigenvalue weighted by Gasteiger charge is 2.24. The van der Waals surface area contributed by atoms with Crippen LogP contribution in [-0.4, -0.2) is 34.0 Å². The van der Waals surface area contributed by atoms with Crippen molar-refractivity contribution in [1.29, 1.82) is 0 Å². The summed E-state index contributed by atoms with van der Waals surface area (Å²) in [5.74, 6) is 0.957. The Hall–Kier alpha value is -2.75. The number of aromatic hydroxyl groups is 1. The third-order valence-electron chi connectivity index (χ3n) is 5.42. The van der Waals surface area contributed by atoms with Crippen LogP contribution >= 0.6 is 0 Å². The number of nitrogens with one attached hydrogen (secondary N) is 1. The lowest BCUT2D eigenvalue weighted by Gasteiger charge is -2.31. The predicted molar refractivity (Wildman–Crippen MR) is 103 cm³/mol. The highest BCUT2D eigenvalue weighted by atomic mass is 16.3. The number of amides is 1. The average molecular weight is 348 g/mol. The molecule has 2 N–H and O–H groups in total. The number of aromatic amines is 1. The monoisotopic (exact) mass is 348 g/mol. The number of carbonyl (C=O) groups excluding carboxylic acids is 1. The molecule has 2 heterocycles. The first-order valence-electron chi connectivity index (χ1n) is 9.34. The molecule has 0 bridgehead atoms. The van der Waals surface area contributed by atoms with Crippen molar-refractivity contribution >= 4 is 16.8 Å². The smallest absolute Gasteiger partial charge is 0.270 e. The van der Waals surface area contributed by atoms with Crippen molar-refractivity contribution in [3.05, 3.63) is 65.9 Å². The van der Waals surface area contributed by atoms with E-state index in [1.54, 1.807) is 12.1 Å². The standard InChI is InChI=1S/C22H24N2O2/c25-19-9-8-18-14-21(23-20(18)15-19)22(26)24-12-10-17(11-13-24)7-6-16-4-2-1-3-5-16/h1-5,8-9,14-15,17,23,25H,6-7,10-13H2. The minimum Gasteiger partial charge on any atom is -0.508 e. The van der Waals surface area contributed by atoms with E-state index in [-0.39, 0.29) is 11.7 Å². The number of piperidine rings is 1. The molecule has 4 heteroatoms. The summed E-state index contributed by atoms with van der Waals surface area (Å²) >= 11 is 0. The fourth-order valence-corrected chi connectivity index (χ4v) is 3.84. The number of phenolic OH excluding ortho intramolecular Hbond substituents is 1. The lowest BCUT2D eigenvalue weighted by atomic mass is 9.90. The first kappa shape index (κ1) is 16.7. The van der Waals surface area contributed by atoms with Crippen LogP contribution < -0.4 is 0 Å². The second-order valence-corrected chi connectivity index (χ2v) is 7.21. The molecule has 4 rings (SSSR count). The van der Waals surface area contributed by atoms with E-state index in [1.165, 1.54) is 12.0 Å². The van der Waals surface area contributed by atoms with Crippen LogP contribution in [0, 0.1) is 5.92 Å². The lowest BCUT2D eigenvalue weighted by molar-refractivity contribution is 0.0682. The molecule has 0 spiro atoms. The summed E-state index contributed by atoms with van der Waals surface area (Å²) in [6.45, 7) is 1.64. The molecule has 2 aromatic carbocycles. The Kier molecular flexibility index (Phi) is 4.65. The molecule has 1 amide bonds. The molecule has 1 fully saturated rings. The first-order valence-corrected chi connectivity index (χ1v) is 9.34. The van der Waals surface area contributed by atoms with Gasteiger partial charge in [-0.1, -0.05) is 30.3 Å². The van der Waals surface area contributed by atoms with Gasteiger partial charge in [-0.05, 0) is 55.4 Å². The van der Waals surface area contributed by atoms with Gasteiger partial charge in [0.05, 0.1) is 0 Å². The Balaban J connectivity index is 1.34. The van der Waals surface area contributed by atoms with E-state index in [9.17, 15) is 9.90 Å². The number of carbonyl (C=O) groups is 1. The molecule has 0 atom stereocenters. The number of phenols is 1. The summed E-state index contributed by atoms with van der Waals surface area (Å²) in [5, 5.41) is 10.5. The maximum absolute atomic E-state index is 12.8. The number of hydrogen-bond donors (Lipinski definition) is 2. The summed E-state index contributed by atoms with van der Waals surface area (Å²) in [4.78, 5) is 17.9. The first-order chi connectivity index (χ1) is 12.7. The molecular formula is C22H24N2O2. The zero-order chi connectivity index (χ0) is 17.9. The van der Waals surface area contributed by atoms with E-state index in [2.05, 4.69) is 35.3 Å². The van der Waals surface area contributed by atoms with Crippen molar-refractivity contribution in [2.75, 3.05) is 13.1 Å². The molecule has 0 radical (unpaired) electrons. The van der Waals surface area contributed by atoms with Gasteiger partial charge in [0.15, 0.2) is 0 Å². The quantitative estimate of drug-likeness (QED) is 0.736. The number of nitrogens with zero attached hydrogens (tertiary/aromatic N) is 1. The topological polar surface area (TPSA) is 56.3 Å². The third-order valence-corrected chi connectivity index (χ3v) is 5.42. The van der Waals surface area contributed by atoms with E-state index >= 15 is 0 Å². The minimum absolute atomic E-state index is 0.0576. The van der Waals surface area contributed by atoms with Gasteiger partial charge in [0.1, 0.15) is 11.4 Å². The van der Waals surface area contributed by atoms with Crippen molar-refractivity contribution in [2.45, 2.75) is 25.7 Å². The summed E-state index contributed by atoms with van der Waals surface area (Å²) in [5.41, 5.74) is 2.80. The van der Waals surface area contributed by atoms with Gasteiger partial charge in [0, 0.05) is 30.1 Å². The number of benzene rings is 2. The van der Waals surface area contributed by atoms with Crippen molar-refractivity contribution in [1.82, 2.24) is 9.88 Å². The molecule has 134 valence electrons. The summed E-state index contributed by atoms with van der Waals surface area (Å²) in [6, 6.07) is 17.6. The number of fused-ring (bicyclic) bond motifs is 1. The molecule has 0 aliphatic carbocycles. The maximum atomic E-state index is 12.8. The van der Waals surface area contributed by atoms with Crippen LogP contribution in [0.15, 0.2) is 54.6 Å². The van der Waals surface area contributed by atoms with Gasteiger partial charge in [-0.2, -0.15) is 0 Å². The summed E-state index contributed by atoms with van der Waals surface area (Å²) in [7, 11) is 0. The normalized spacial score (nSPS) is 15.5. The van der Waals surface area contributed by atoms with Crippen LogP contribution in [0.25, 0.3) is 10.9 Å². The second kappa shape index (κ2) is 7.24. The lowest BCUT2D eigenvalue weighted by Crippen LogP contribution is -2.38. The van der Waals surface area contributed by atoms with Crippen LogP contribution in [-0.2, 0) is 6.42 Å². The molecule has 4 nitrogen and oxygen atoms in total. The number of likely N-dealkylation sites (tertiary alicyclic amines) is 1. The Morgan fingerprint density at radius 2 is 1.85 bits per heavy atom. The van der Waals surface area contributed by atoms with Crippen molar-refractivity contribution in [2.24, 2.45) is 5.92 Å². The third kappa shape index (κ3) is 3.59. The summed E-state index contributed by atoms with van der Waals surface area (Å²) < 4.78 is 0. The van der Waals surface area contributed by atoms with E-state index < -0.39 is 0 Å². The summed E-state index contributed by atoms with van der Waals surface area (Å²) in [6.07, 6.45) is 4.45. The Bertz CT molecular complexity index is 893. The van der Waals surface area contributed by atoms with Gasteiger partial charge in [0.25, 0.3) is 5.91 Å². The van der Waals surface area contributed by atoms with Gasteiger partial charge in [0.2, 0.25) is 0 Å². The zero-order valence-corrected chi connectivity index (χ0v) is 14.8. The highest BCUT2D eigenvalue weighted by molar-refractivity contribution is 5.98. The van der Waals surface area contributed by atoms with Crippen LogP contribution in [0.4, 0.5) is 0 Å². The van der Waals surface area contributed by atoms with E-state index in [1.807, 2.05) is 17.0 Å². The average Bonchev–Trinajstić information content (AvgIpc) is 3.10. The molecule has 0 unspecified atom stereocenters. The molecule has 0 saturated carbocycles. The van der Waals surface area contributed by atoms with Crippen molar-refractivity contribution < 1.29 is 9.90 Å². The molecular weight excluding hydrogens is 324 g/mol. The highest BCUT2D eigenvalue weighted by Crippen LogP contribution is 2.25.